The number of hydrogen-bond donors (Lipinski definition) is 2. The van der Waals surface area contributed by atoms with Crippen LogP contribution >= 0.6 is 0 Å². The van der Waals surface area contributed by atoms with E-state index < -0.39 is 0 Å². The van der Waals surface area contributed by atoms with E-state index in [1.54, 1.807) is 0 Å². The van der Waals surface area contributed by atoms with Crippen molar-refractivity contribution in [2.75, 3.05) is 17.7 Å². The van der Waals surface area contributed by atoms with Gasteiger partial charge in [0.2, 0.25) is 5.91 Å². The van der Waals surface area contributed by atoms with E-state index in [4.69, 9.17) is 4.79 Å². The van der Waals surface area contributed by atoms with Gasteiger partial charge < -0.3 is 15.4 Å². The fourth-order valence-corrected chi connectivity index (χ4v) is 1.23. The van der Waals surface area contributed by atoms with E-state index in [2.05, 4.69) is 17.4 Å². The molecule has 1 rings (SSSR count). The van der Waals surface area contributed by atoms with Crippen molar-refractivity contribution in [3.63, 3.8) is 0 Å². The van der Waals surface area contributed by atoms with Gasteiger partial charge in [-0.25, -0.2) is 0 Å². The molecule has 5 heteroatoms. The molecule has 1 aromatic carbocycles. The summed E-state index contributed by atoms with van der Waals surface area (Å²) in [5.41, 5.74) is 2.95. The molecule has 0 atom stereocenters. The largest absolute Gasteiger partial charge is 0.545 e. The molecule has 0 radical (unpaired) electrons. The third-order valence-electron chi connectivity index (χ3n) is 1.91. The van der Waals surface area contributed by atoms with Crippen molar-refractivity contribution in [1.29, 1.82) is 0 Å². The van der Waals surface area contributed by atoms with E-state index in [1.807, 2.05) is 46.0 Å². The Labute approximate surface area is 124 Å². The zero-order chi connectivity index (χ0) is 13.8. The van der Waals surface area contributed by atoms with E-state index in [-0.39, 0.29) is 27.0 Å². The maximum absolute atomic E-state index is 10.8. The molecule has 102 valence electrons. The van der Waals surface area contributed by atoms with Crippen molar-refractivity contribution in [1.82, 2.24) is 0 Å². The molecule has 0 aliphatic carbocycles. The minimum atomic E-state index is -0.0450. The number of anilines is 2. The van der Waals surface area contributed by atoms with Crippen LogP contribution < -0.4 is 10.6 Å². The topological polar surface area (TPSA) is 58.2 Å². The Morgan fingerprint density at radius 3 is 2.00 bits per heavy atom. The second-order valence-electron chi connectivity index (χ2n) is 2.91. The van der Waals surface area contributed by atoms with Crippen molar-refractivity contribution in [3.05, 3.63) is 23.8 Å². The third-order valence-corrected chi connectivity index (χ3v) is 1.91. The molecule has 2 N–H and O–H groups in total. The van der Waals surface area contributed by atoms with Crippen LogP contribution in [0.2, 0.25) is 0 Å². The molecule has 4 nitrogen and oxygen atoms in total. The van der Waals surface area contributed by atoms with Gasteiger partial charge in [0.15, 0.2) is 0 Å². The van der Waals surface area contributed by atoms with Gasteiger partial charge in [-0.2, -0.15) is 0 Å². The van der Waals surface area contributed by atoms with Crippen molar-refractivity contribution in [2.45, 2.75) is 27.7 Å². The third kappa shape index (κ3) is 8.02. The minimum absolute atomic E-state index is 0. The predicted molar refractivity (Wildman–Crippen MR) is 73.1 cm³/mol. The van der Waals surface area contributed by atoms with Crippen molar-refractivity contribution in [3.8, 4) is 0 Å². The number of nitrogens with one attached hydrogen (secondary N) is 2. The predicted octanol–water partition coefficient (Wildman–Crippen LogP) is 2.74. The number of rotatable bonds is 2. The van der Waals surface area contributed by atoms with Gasteiger partial charge in [0.1, 0.15) is 0 Å². The molecule has 0 saturated carbocycles. The van der Waals surface area contributed by atoms with Crippen LogP contribution in [-0.2, 0) is 30.7 Å². The minimum Gasteiger partial charge on any atom is -0.545 e. The van der Waals surface area contributed by atoms with Gasteiger partial charge in [-0.05, 0) is 24.6 Å². The fraction of sp³-hybridized carbons (Fsp3) is 0.385. The standard InChI is InChI=1S/C10H14N2O.C2H6.CHO.W/c1-7-9(11-3)5-4-6-10(7)12-8(2)13;2*1-2;/h4-6,11H,1-3H3,(H,12,13);1-2H3;1H;/q;;-1;. The summed E-state index contributed by atoms with van der Waals surface area (Å²) < 4.78 is 0. The second kappa shape index (κ2) is 13.9. The first-order valence-corrected chi connectivity index (χ1v) is 5.43. The van der Waals surface area contributed by atoms with Crippen LogP contribution in [0, 0.1) is 6.92 Å². The Kier molecular flexibility index (Phi) is 17.1. The Balaban J connectivity index is -0.000000409. The molecule has 0 aromatic heterocycles. The molecule has 0 unspecified atom stereocenters. The van der Waals surface area contributed by atoms with Crippen molar-refractivity contribution in [2.24, 2.45) is 0 Å². The van der Waals surface area contributed by atoms with Gasteiger partial charge >= 0.3 is 0 Å². The summed E-state index contributed by atoms with van der Waals surface area (Å²) in [7, 11) is 1.86. The van der Waals surface area contributed by atoms with E-state index in [1.165, 1.54) is 6.92 Å². The Hall–Kier alpha value is -1.15. The van der Waals surface area contributed by atoms with E-state index >= 15 is 0 Å². The van der Waals surface area contributed by atoms with Crippen LogP contribution in [0.25, 0.3) is 0 Å². The molecule has 0 bridgehead atoms. The van der Waals surface area contributed by atoms with Crippen molar-refractivity contribution < 1.29 is 30.7 Å². The van der Waals surface area contributed by atoms with E-state index in [0.29, 0.717) is 0 Å². The summed E-state index contributed by atoms with van der Waals surface area (Å²) >= 11 is 0. The normalized spacial score (nSPS) is 7.39. The molecule has 0 heterocycles. The summed E-state index contributed by atoms with van der Waals surface area (Å²) in [6, 6.07) is 5.77. The zero-order valence-corrected chi connectivity index (χ0v) is 14.5. The summed E-state index contributed by atoms with van der Waals surface area (Å²) in [4.78, 5) is 18.6. The zero-order valence-electron chi connectivity index (χ0n) is 11.5. The van der Waals surface area contributed by atoms with E-state index in [9.17, 15) is 4.79 Å². The van der Waals surface area contributed by atoms with Crippen LogP contribution in [0.1, 0.15) is 26.3 Å². The maximum Gasteiger partial charge on any atom is 0.221 e. The fourth-order valence-electron chi connectivity index (χ4n) is 1.23. The Morgan fingerprint density at radius 2 is 1.61 bits per heavy atom. The molecule has 18 heavy (non-hydrogen) atoms. The van der Waals surface area contributed by atoms with Gasteiger partial charge in [0, 0.05) is 46.4 Å². The Bertz CT molecular complexity index is 344. The van der Waals surface area contributed by atoms with Crippen LogP contribution in [0.15, 0.2) is 18.2 Å². The average molecular weight is 421 g/mol. The average Bonchev–Trinajstić information content (AvgIpc) is 2.36. The monoisotopic (exact) mass is 421 g/mol. The molecule has 1 amide bonds. The van der Waals surface area contributed by atoms with E-state index in [0.717, 1.165) is 16.9 Å². The first-order chi connectivity index (χ1) is 8.15. The maximum atomic E-state index is 10.8. The van der Waals surface area contributed by atoms with Crippen LogP contribution in [0.4, 0.5) is 11.4 Å². The molecule has 1 aromatic rings. The molecule has 0 aliphatic heterocycles. The Morgan fingerprint density at radius 1 is 1.17 bits per heavy atom. The van der Waals surface area contributed by atoms with Crippen LogP contribution in [0.5, 0.6) is 0 Å². The number of hydrogen-bond acceptors (Lipinski definition) is 3. The molecule has 0 aliphatic rings. The van der Waals surface area contributed by atoms with Gasteiger partial charge in [-0.15, -0.1) is 0 Å². The first-order valence-electron chi connectivity index (χ1n) is 5.43. The molecular formula is C13H21N2O2W-. The van der Waals surface area contributed by atoms with Gasteiger partial charge in [-0.3, -0.25) is 11.6 Å². The SMILES string of the molecule is CC.CNc1cccc(NC(C)=O)c1C.[CH-]=O.[W]. The quantitative estimate of drug-likeness (QED) is 0.571. The smallest absolute Gasteiger partial charge is 0.221 e. The van der Waals surface area contributed by atoms with Crippen LogP contribution in [0.3, 0.4) is 0 Å². The summed E-state index contributed by atoms with van der Waals surface area (Å²) in [5.74, 6) is -0.0450. The number of amides is 1. The number of carbonyl (C=O) groups excluding carboxylic acids is 2. The van der Waals surface area contributed by atoms with Crippen molar-refractivity contribution >= 4 is 24.1 Å². The van der Waals surface area contributed by atoms with Crippen LogP contribution in [-0.4, -0.2) is 19.7 Å². The molecule has 0 saturated heterocycles. The number of benzene rings is 1. The second-order valence-corrected chi connectivity index (χ2v) is 2.91. The first kappa shape index (κ1) is 22.1. The number of carbonyl (C=O) groups is 1. The summed E-state index contributed by atoms with van der Waals surface area (Å²) in [5, 5.41) is 5.83. The summed E-state index contributed by atoms with van der Waals surface area (Å²) in [6.45, 7) is 10.7. The van der Waals surface area contributed by atoms with Gasteiger partial charge in [0.25, 0.3) is 0 Å². The molecule has 0 spiro atoms. The molecule has 0 fully saturated rings. The molecular weight excluding hydrogens is 400 g/mol. The summed E-state index contributed by atoms with van der Waals surface area (Å²) in [6.07, 6.45) is 0. The van der Waals surface area contributed by atoms with Gasteiger partial charge in [-0.1, -0.05) is 19.9 Å². The van der Waals surface area contributed by atoms with Gasteiger partial charge in [0.05, 0.1) is 0 Å².